The topological polar surface area (TPSA) is 41.6 Å². The standard InChI is InChI=1S/C17H34N2O2/c1-5-8-12-19(13-9-6-2)14-17(4,16(20)21-7-3)18-15-10-11-15/h15,18H,5-14H2,1-4H3. The molecule has 0 heterocycles. The quantitative estimate of drug-likeness (QED) is 0.562. The Morgan fingerprint density at radius 3 is 2.19 bits per heavy atom. The fraction of sp³-hybridized carbons (Fsp3) is 0.941. The van der Waals surface area contributed by atoms with Crippen molar-refractivity contribution < 1.29 is 9.53 Å². The number of hydrogen-bond donors (Lipinski definition) is 1. The van der Waals surface area contributed by atoms with Crippen LogP contribution in [0.15, 0.2) is 0 Å². The number of rotatable bonds is 12. The number of unbranched alkanes of at least 4 members (excludes halogenated alkanes) is 2. The van der Waals surface area contributed by atoms with E-state index in [2.05, 4.69) is 24.1 Å². The number of carbonyl (C=O) groups excluding carboxylic acids is 1. The van der Waals surface area contributed by atoms with Gasteiger partial charge in [0.1, 0.15) is 5.54 Å². The molecule has 1 unspecified atom stereocenters. The van der Waals surface area contributed by atoms with E-state index in [9.17, 15) is 4.79 Å². The first-order valence-electron chi connectivity index (χ1n) is 8.73. The maximum absolute atomic E-state index is 12.4. The third-order valence-electron chi connectivity index (χ3n) is 4.02. The largest absolute Gasteiger partial charge is 0.465 e. The van der Waals surface area contributed by atoms with Crippen LogP contribution in [0.2, 0.25) is 0 Å². The molecule has 0 aliphatic heterocycles. The molecule has 4 nitrogen and oxygen atoms in total. The second kappa shape index (κ2) is 9.42. The van der Waals surface area contributed by atoms with Crippen molar-refractivity contribution >= 4 is 5.97 Å². The maximum Gasteiger partial charge on any atom is 0.327 e. The van der Waals surface area contributed by atoms with Gasteiger partial charge in [-0.05, 0) is 52.6 Å². The van der Waals surface area contributed by atoms with Gasteiger partial charge in [-0.15, -0.1) is 0 Å². The molecule has 0 aromatic rings. The molecule has 0 amide bonds. The Hall–Kier alpha value is -0.610. The van der Waals surface area contributed by atoms with Crippen molar-refractivity contribution in [1.82, 2.24) is 10.2 Å². The second-order valence-corrected chi connectivity index (χ2v) is 6.45. The first-order valence-corrected chi connectivity index (χ1v) is 8.73. The zero-order valence-electron chi connectivity index (χ0n) is 14.4. The molecule has 1 rings (SSSR count). The average molecular weight is 298 g/mol. The lowest BCUT2D eigenvalue weighted by atomic mass is 10.0. The highest BCUT2D eigenvalue weighted by Gasteiger charge is 2.40. The van der Waals surface area contributed by atoms with Crippen molar-refractivity contribution in [2.45, 2.75) is 77.8 Å². The van der Waals surface area contributed by atoms with E-state index in [4.69, 9.17) is 4.74 Å². The molecule has 1 aliphatic rings. The van der Waals surface area contributed by atoms with E-state index in [0.717, 1.165) is 19.6 Å². The molecule has 124 valence electrons. The van der Waals surface area contributed by atoms with Crippen LogP contribution in [0.3, 0.4) is 0 Å². The molecular formula is C17H34N2O2. The molecule has 1 aliphatic carbocycles. The van der Waals surface area contributed by atoms with E-state index < -0.39 is 5.54 Å². The minimum Gasteiger partial charge on any atom is -0.465 e. The van der Waals surface area contributed by atoms with Gasteiger partial charge >= 0.3 is 5.97 Å². The summed E-state index contributed by atoms with van der Waals surface area (Å²) in [6, 6.07) is 0.499. The highest BCUT2D eigenvalue weighted by atomic mass is 16.5. The Kier molecular flexibility index (Phi) is 8.27. The molecule has 1 fully saturated rings. The predicted molar refractivity (Wildman–Crippen MR) is 87.5 cm³/mol. The number of carbonyl (C=O) groups is 1. The van der Waals surface area contributed by atoms with Crippen LogP contribution >= 0.6 is 0 Å². The summed E-state index contributed by atoms with van der Waals surface area (Å²) in [7, 11) is 0. The van der Waals surface area contributed by atoms with E-state index in [0.29, 0.717) is 12.6 Å². The van der Waals surface area contributed by atoms with E-state index in [1.165, 1.54) is 38.5 Å². The van der Waals surface area contributed by atoms with Gasteiger partial charge in [0.2, 0.25) is 0 Å². The molecule has 0 aromatic carbocycles. The van der Waals surface area contributed by atoms with Gasteiger partial charge in [-0.2, -0.15) is 0 Å². The molecule has 1 N–H and O–H groups in total. The van der Waals surface area contributed by atoms with Crippen molar-refractivity contribution in [3.8, 4) is 0 Å². The molecule has 1 saturated carbocycles. The molecule has 1 atom stereocenters. The van der Waals surface area contributed by atoms with Gasteiger partial charge in [0.15, 0.2) is 0 Å². The number of esters is 1. The van der Waals surface area contributed by atoms with E-state index in [1.807, 2.05) is 13.8 Å². The lowest BCUT2D eigenvalue weighted by Gasteiger charge is -2.34. The summed E-state index contributed by atoms with van der Waals surface area (Å²) in [5, 5.41) is 3.52. The third-order valence-corrected chi connectivity index (χ3v) is 4.02. The minimum atomic E-state index is -0.571. The summed E-state index contributed by atoms with van der Waals surface area (Å²) in [6.07, 6.45) is 7.11. The lowest BCUT2D eigenvalue weighted by molar-refractivity contribution is -0.151. The van der Waals surface area contributed by atoms with Crippen molar-refractivity contribution in [2.24, 2.45) is 0 Å². The number of nitrogens with one attached hydrogen (secondary N) is 1. The smallest absolute Gasteiger partial charge is 0.327 e. The summed E-state index contributed by atoms with van der Waals surface area (Å²) < 4.78 is 5.32. The third kappa shape index (κ3) is 6.79. The van der Waals surface area contributed by atoms with Crippen molar-refractivity contribution in [3.63, 3.8) is 0 Å². The van der Waals surface area contributed by atoms with Crippen LogP contribution in [0.4, 0.5) is 0 Å². The predicted octanol–water partition coefficient (Wildman–Crippen LogP) is 2.96. The fourth-order valence-corrected chi connectivity index (χ4v) is 2.62. The number of hydrogen-bond acceptors (Lipinski definition) is 4. The summed E-state index contributed by atoms with van der Waals surface area (Å²) in [5.41, 5.74) is -0.571. The monoisotopic (exact) mass is 298 g/mol. The van der Waals surface area contributed by atoms with E-state index in [-0.39, 0.29) is 5.97 Å². The van der Waals surface area contributed by atoms with Crippen LogP contribution in [-0.2, 0) is 9.53 Å². The van der Waals surface area contributed by atoms with E-state index >= 15 is 0 Å². The zero-order valence-corrected chi connectivity index (χ0v) is 14.4. The Labute approximate surface area is 130 Å². The first-order chi connectivity index (χ1) is 10.1. The van der Waals surface area contributed by atoms with Crippen molar-refractivity contribution in [1.29, 1.82) is 0 Å². The first kappa shape index (κ1) is 18.4. The Bertz CT molecular complexity index is 297. The zero-order chi connectivity index (χ0) is 15.7. The maximum atomic E-state index is 12.4. The molecule has 4 heteroatoms. The van der Waals surface area contributed by atoms with Gasteiger partial charge in [-0.3, -0.25) is 10.1 Å². The van der Waals surface area contributed by atoms with Crippen molar-refractivity contribution in [3.05, 3.63) is 0 Å². The summed E-state index contributed by atoms with van der Waals surface area (Å²) in [5.74, 6) is -0.102. The normalized spacial score (nSPS) is 17.8. The van der Waals surface area contributed by atoms with Crippen LogP contribution in [0, 0.1) is 0 Å². The van der Waals surface area contributed by atoms with Gasteiger partial charge in [0.25, 0.3) is 0 Å². The molecule has 0 saturated heterocycles. The molecule has 0 radical (unpaired) electrons. The van der Waals surface area contributed by atoms with E-state index in [1.54, 1.807) is 0 Å². The molecule has 0 aromatic heterocycles. The van der Waals surface area contributed by atoms with Crippen LogP contribution < -0.4 is 5.32 Å². The highest BCUT2D eigenvalue weighted by Crippen LogP contribution is 2.24. The van der Waals surface area contributed by atoms with Gasteiger partial charge in [0.05, 0.1) is 6.61 Å². The molecular weight excluding hydrogens is 264 g/mol. The van der Waals surface area contributed by atoms with Gasteiger partial charge in [-0.25, -0.2) is 0 Å². The van der Waals surface area contributed by atoms with Gasteiger partial charge in [0, 0.05) is 12.6 Å². The fourth-order valence-electron chi connectivity index (χ4n) is 2.62. The van der Waals surface area contributed by atoms with Crippen LogP contribution in [-0.4, -0.2) is 48.7 Å². The summed E-state index contributed by atoms with van der Waals surface area (Å²) in [6.45, 7) is 11.6. The highest BCUT2D eigenvalue weighted by molar-refractivity contribution is 5.80. The summed E-state index contributed by atoms with van der Waals surface area (Å²) in [4.78, 5) is 14.8. The average Bonchev–Trinajstić information content (AvgIpc) is 3.25. The Morgan fingerprint density at radius 1 is 1.19 bits per heavy atom. The van der Waals surface area contributed by atoms with Crippen LogP contribution in [0.1, 0.15) is 66.2 Å². The molecule has 0 bridgehead atoms. The minimum absolute atomic E-state index is 0.102. The SMILES string of the molecule is CCCCN(CCCC)CC(C)(NC1CC1)C(=O)OCC. The second-order valence-electron chi connectivity index (χ2n) is 6.45. The number of nitrogens with zero attached hydrogens (tertiary/aromatic N) is 1. The van der Waals surface area contributed by atoms with Gasteiger partial charge in [-0.1, -0.05) is 26.7 Å². The van der Waals surface area contributed by atoms with Gasteiger partial charge < -0.3 is 9.64 Å². The number of ether oxygens (including phenoxy) is 1. The lowest BCUT2D eigenvalue weighted by Crippen LogP contribution is -2.58. The Morgan fingerprint density at radius 2 is 1.76 bits per heavy atom. The van der Waals surface area contributed by atoms with Crippen molar-refractivity contribution in [2.75, 3.05) is 26.2 Å². The van der Waals surface area contributed by atoms with Crippen LogP contribution in [0.25, 0.3) is 0 Å². The Balaban J connectivity index is 2.66. The summed E-state index contributed by atoms with van der Waals surface area (Å²) >= 11 is 0. The molecule has 21 heavy (non-hydrogen) atoms. The van der Waals surface area contributed by atoms with Crippen LogP contribution in [0.5, 0.6) is 0 Å². The molecule has 0 spiro atoms.